The Hall–Kier alpha value is -3.60. The Morgan fingerprint density at radius 1 is 1.14 bits per heavy atom. The number of ether oxygens (including phenoxy) is 1. The van der Waals surface area contributed by atoms with Gasteiger partial charge in [0.2, 0.25) is 11.8 Å². The highest BCUT2D eigenvalue weighted by Gasteiger charge is 2.47. The molecule has 182 valence electrons. The first-order chi connectivity index (χ1) is 16.9. The van der Waals surface area contributed by atoms with Crippen LogP contribution < -0.4 is 5.32 Å². The van der Waals surface area contributed by atoms with Crippen LogP contribution >= 0.6 is 0 Å². The van der Waals surface area contributed by atoms with E-state index in [1.54, 1.807) is 25.4 Å². The third-order valence-corrected chi connectivity index (χ3v) is 7.55. The van der Waals surface area contributed by atoms with E-state index >= 15 is 0 Å². The summed E-state index contributed by atoms with van der Waals surface area (Å²) < 4.78 is 7.15. The van der Waals surface area contributed by atoms with Crippen molar-refractivity contribution < 1.29 is 23.9 Å². The molecular weight excluding hydrogens is 452 g/mol. The molecule has 35 heavy (non-hydrogen) atoms. The maximum absolute atomic E-state index is 13.2. The molecule has 1 aromatic carbocycles. The second-order valence-electron chi connectivity index (χ2n) is 9.68. The quantitative estimate of drug-likeness (QED) is 0.626. The predicted molar refractivity (Wildman–Crippen MR) is 120 cm³/mol. The molecule has 11 heteroatoms. The average Bonchev–Trinajstić information content (AvgIpc) is 3.27. The zero-order chi connectivity index (χ0) is 24.3. The number of imide groups is 1. The first kappa shape index (κ1) is 21.9. The van der Waals surface area contributed by atoms with Crippen molar-refractivity contribution in [2.75, 3.05) is 13.7 Å². The van der Waals surface area contributed by atoms with Crippen molar-refractivity contribution in [3.63, 3.8) is 0 Å². The van der Waals surface area contributed by atoms with E-state index < -0.39 is 11.9 Å². The maximum atomic E-state index is 13.2. The van der Waals surface area contributed by atoms with Gasteiger partial charge in [-0.25, -0.2) is 4.68 Å². The summed E-state index contributed by atoms with van der Waals surface area (Å²) >= 11 is 0. The largest absolute Gasteiger partial charge is 0.379 e. The fourth-order valence-electron chi connectivity index (χ4n) is 5.62. The van der Waals surface area contributed by atoms with Gasteiger partial charge >= 0.3 is 0 Å². The van der Waals surface area contributed by atoms with Crippen LogP contribution in [-0.4, -0.2) is 80.3 Å². The minimum absolute atomic E-state index is 0.0584. The summed E-state index contributed by atoms with van der Waals surface area (Å²) in [4.78, 5) is 53.3. The number of fused-ring (bicyclic) bond motifs is 1. The summed E-state index contributed by atoms with van der Waals surface area (Å²) in [5.74, 6) is -0.645. The van der Waals surface area contributed by atoms with Gasteiger partial charge in [-0.15, -0.1) is 5.10 Å². The molecular formula is C24H26N6O5. The third kappa shape index (κ3) is 3.70. The smallest absolute Gasteiger partial charge is 0.276 e. The normalized spacial score (nSPS) is 26.3. The van der Waals surface area contributed by atoms with Crippen molar-refractivity contribution in [3.8, 4) is 5.69 Å². The molecule has 4 amide bonds. The zero-order valence-electron chi connectivity index (χ0n) is 19.3. The standard InChI is InChI=1S/C24H26N6O5/c1-35-19-8-9-28(21(19)13-2-3-13)24(34)17-12-30(27-26-17)15-4-5-16-14(10-15)11-29(23(16)33)18-6-7-20(31)25-22(18)32/h4-5,10,12-13,18-19,21H,2-3,6-9,11H2,1H3,(H,25,31,32)/t18?,19-,21-/m1/s1. The van der Waals surface area contributed by atoms with Crippen molar-refractivity contribution >= 4 is 23.6 Å². The lowest BCUT2D eigenvalue weighted by molar-refractivity contribution is -0.136. The number of likely N-dealkylation sites (tertiary alicyclic amines) is 1. The van der Waals surface area contributed by atoms with Gasteiger partial charge in [-0.1, -0.05) is 5.21 Å². The summed E-state index contributed by atoms with van der Waals surface area (Å²) in [7, 11) is 1.70. The number of rotatable bonds is 5. The van der Waals surface area contributed by atoms with E-state index in [0.717, 1.165) is 24.8 Å². The highest BCUT2D eigenvalue weighted by Crippen LogP contribution is 2.41. The molecule has 4 heterocycles. The third-order valence-electron chi connectivity index (χ3n) is 7.55. The van der Waals surface area contributed by atoms with Gasteiger partial charge in [-0.2, -0.15) is 0 Å². The Morgan fingerprint density at radius 3 is 2.71 bits per heavy atom. The van der Waals surface area contributed by atoms with E-state index in [2.05, 4.69) is 15.6 Å². The van der Waals surface area contributed by atoms with E-state index in [4.69, 9.17) is 4.74 Å². The van der Waals surface area contributed by atoms with Crippen LogP contribution in [0, 0.1) is 5.92 Å². The van der Waals surface area contributed by atoms with Crippen LogP contribution in [0.2, 0.25) is 0 Å². The number of nitrogens with one attached hydrogen (secondary N) is 1. The van der Waals surface area contributed by atoms with Crippen molar-refractivity contribution in [3.05, 3.63) is 41.2 Å². The zero-order valence-corrected chi connectivity index (χ0v) is 19.3. The molecule has 4 aliphatic rings. The van der Waals surface area contributed by atoms with Gasteiger partial charge in [0.05, 0.1) is 24.0 Å². The Labute approximate surface area is 201 Å². The SMILES string of the molecule is CO[C@@H]1CCN(C(=O)c2cn(-c3ccc4c(c3)CN(C3CCC(=O)NC3=O)C4=O)nn2)[C@@H]1C1CC1. The molecule has 1 aliphatic carbocycles. The van der Waals surface area contributed by atoms with Crippen LogP contribution in [0.1, 0.15) is 58.5 Å². The summed E-state index contributed by atoms with van der Waals surface area (Å²) in [6, 6.07) is 4.70. The molecule has 6 rings (SSSR count). The summed E-state index contributed by atoms with van der Waals surface area (Å²) in [6.45, 7) is 0.909. The number of hydrogen-bond donors (Lipinski definition) is 1. The minimum Gasteiger partial charge on any atom is -0.379 e. The number of hydrogen-bond acceptors (Lipinski definition) is 7. The Kier molecular flexibility index (Phi) is 5.17. The van der Waals surface area contributed by atoms with E-state index in [-0.39, 0.29) is 48.5 Å². The molecule has 0 spiro atoms. The lowest BCUT2D eigenvalue weighted by Gasteiger charge is -2.29. The number of amides is 4. The topological polar surface area (TPSA) is 127 Å². The fraction of sp³-hybridized carbons (Fsp3) is 0.500. The molecule has 3 fully saturated rings. The molecule has 11 nitrogen and oxygen atoms in total. The van der Waals surface area contributed by atoms with Gasteiger partial charge in [0.15, 0.2) is 5.69 Å². The lowest BCUT2D eigenvalue weighted by atomic mass is 10.0. The molecule has 0 radical (unpaired) electrons. The van der Waals surface area contributed by atoms with E-state index in [9.17, 15) is 19.2 Å². The van der Waals surface area contributed by atoms with Gasteiger partial charge in [0.25, 0.3) is 11.8 Å². The van der Waals surface area contributed by atoms with Gasteiger partial charge in [-0.3, -0.25) is 24.5 Å². The van der Waals surface area contributed by atoms with Crippen LogP contribution in [0.5, 0.6) is 0 Å². The molecule has 3 aliphatic heterocycles. The van der Waals surface area contributed by atoms with Gasteiger partial charge in [0.1, 0.15) is 6.04 Å². The number of nitrogens with zero attached hydrogens (tertiary/aromatic N) is 5. The van der Waals surface area contributed by atoms with E-state index in [1.165, 1.54) is 9.58 Å². The van der Waals surface area contributed by atoms with Crippen LogP contribution in [0.25, 0.3) is 5.69 Å². The second-order valence-corrected chi connectivity index (χ2v) is 9.68. The van der Waals surface area contributed by atoms with Crippen molar-refractivity contribution in [2.24, 2.45) is 5.92 Å². The van der Waals surface area contributed by atoms with Gasteiger partial charge < -0.3 is 14.5 Å². The van der Waals surface area contributed by atoms with E-state index in [1.807, 2.05) is 11.0 Å². The van der Waals surface area contributed by atoms with Gasteiger partial charge in [-0.05, 0) is 55.4 Å². The molecule has 1 unspecified atom stereocenters. The highest BCUT2D eigenvalue weighted by molar-refractivity contribution is 6.05. The molecule has 2 saturated heterocycles. The second kappa shape index (κ2) is 8.26. The molecule has 2 aromatic rings. The first-order valence-electron chi connectivity index (χ1n) is 12.0. The van der Waals surface area contributed by atoms with E-state index in [0.29, 0.717) is 30.1 Å². The maximum Gasteiger partial charge on any atom is 0.276 e. The monoisotopic (exact) mass is 478 g/mol. The van der Waals surface area contributed by atoms with Crippen molar-refractivity contribution in [1.82, 2.24) is 30.1 Å². The number of aromatic nitrogens is 3. The van der Waals surface area contributed by atoms with Crippen LogP contribution in [0.15, 0.2) is 24.4 Å². The molecule has 1 saturated carbocycles. The molecule has 1 N–H and O–H groups in total. The summed E-state index contributed by atoms with van der Waals surface area (Å²) in [5, 5.41) is 10.6. The first-order valence-corrected chi connectivity index (χ1v) is 12.0. The number of methoxy groups -OCH3 is 1. The Morgan fingerprint density at radius 2 is 1.97 bits per heavy atom. The molecule has 0 bridgehead atoms. The number of benzene rings is 1. The number of carbonyl (C=O) groups is 4. The summed E-state index contributed by atoms with van der Waals surface area (Å²) in [5.41, 5.74) is 2.22. The number of piperidine rings is 1. The number of carbonyl (C=O) groups excluding carboxylic acids is 4. The Bertz CT molecular complexity index is 1240. The van der Waals surface area contributed by atoms with Crippen LogP contribution in [0.4, 0.5) is 0 Å². The molecule has 1 aromatic heterocycles. The summed E-state index contributed by atoms with van der Waals surface area (Å²) in [6.07, 6.45) is 5.25. The van der Waals surface area contributed by atoms with Crippen LogP contribution in [0.3, 0.4) is 0 Å². The lowest BCUT2D eigenvalue weighted by Crippen LogP contribution is -2.52. The molecule has 3 atom stereocenters. The Balaban J connectivity index is 1.20. The highest BCUT2D eigenvalue weighted by atomic mass is 16.5. The van der Waals surface area contributed by atoms with Crippen molar-refractivity contribution in [2.45, 2.75) is 56.8 Å². The van der Waals surface area contributed by atoms with Gasteiger partial charge in [0, 0.05) is 32.2 Å². The predicted octanol–water partition coefficient (Wildman–Crippen LogP) is 0.668. The fourth-order valence-corrected chi connectivity index (χ4v) is 5.62. The average molecular weight is 479 g/mol. The van der Waals surface area contributed by atoms with Crippen LogP contribution in [-0.2, 0) is 20.9 Å². The van der Waals surface area contributed by atoms with Crippen molar-refractivity contribution in [1.29, 1.82) is 0 Å². The minimum atomic E-state index is -0.664.